The Bertz CT molecular complexity index is 339. The summed E-state index contributed by atoms with van der Waals surface area (Å²) in [5.41, 5.74) is 1.72. The summed E-state index contributed by atoms with van der Waals surface area (Å²) in [7, 11) is 0. The Morgan fingerprint density at radius 2 is 1.53 bits per heavy atom. The lowest BCUT2D eigenvalue weighted by Gasteiger charge is -2.19. The van der Waals surface area contributed by atoms with Crippen LogP contribution in [0.2, 0.25) is 0 Å². The average Bonchev–Trinajstić information content (AvgIpc) is 2.30. The van der Waals surface area contributed by atoms with Gasteiger partial charge in [0.2, 0.25) is 0 Å². The van der Waals surface area contributed by atoms with Crippen molar-refractivity contribution in [3.8, 4) is 0 Å². The fourth-order valence-electron chi connectivity index (χ4n) is 2.47. The number of rotatable bonds is 2. The van der Waals surface area contributed by atoms with Crippen molar-refractivity contribution in [2.45, 2.75) is 68.4 Å². The third-order valence-corrected chi connectivity index (χ3v) is 5.12. The second-order valence-corrected chi connectivity index (χ2v) is 7.72. The SMILES string of the molecule is CC(C)(C)c1ccc([SH+]C2CCCCC2)cc1. The van der Waals surface area contributed by atoms with Gasteiger partial charge in [-0.2, -0.15) is 0 Å². The van der Waals surface area contributed by atoms with Crippen LogP contribution in [0.5, 0.6) is 0 Å². The molecule has 94 valence electrons. The average molecular weight is 249 g/mol. The van der Waals surface area contributed by atoms with Crippen molar-refractivity contribution in [2.24, 2.45) is 0 Å². The second-order valence-electron chi connectivity index (χ2n) is 6.22. The zero-order valence-electron chi connectivity index (χ0n) is 11.4. The van der Waals surface area contributed by atoms with Gasteiger partial charge in [-0.1, -0.05) is 39.3 Å². The van der Waals surface area contributed by atoms with E-state index in [9.17, 15) is 0 Å². The van der Waals surface area contributed by atoms with Gasteiger partial charge in [0.1, 0.15) is 5.25 Å². The Kier molecular flexibility index (Phi) is 4.19. The third-order valence-electron chi connectivity index (χ3n) is 3.64. The Labute approximate surface area is 110 Å². The van der Waals surface area contributed by atoms with Crippen LogP contribution in [0.25, 0.3) is 0 Å². The van der Waals surface area contributed by atoms with Crippen molar-refractivity contribution in [1.29, 1.82) is 0 Å². The molecule has 1 aliphatic carbocycles. The van der Waals surface area contributed by atoms with Crippen molar-refractivity contribution >= 4 is 11.8 Å². The van der Waals surface area contributed by atoms with E-state index in [4.69, 9.17) is 0 Å². The van der Waals surface area contributed by atoms with E-state index in [1.165, 1.54) is 42.6 Å². The number of benzene rings is 1. The maximum Gasteiger partial charge on any atom is 0.152 e. The van der Waals surface area contributed by atoms with Gasteiger partial charge in [-0.3, -0.25) is 0 Å². The summed E-state index contributed by atoms with van der Waals surface area (Å²) in [4.78, 5) is 1.50. The Morgan fingerprint density at radius 3 is 2.06 bits per heavy atom. The molecule has 1 aromatic carbocycles. The van der Waals surface area contributed by atoms with Crippen LogP contribution in [0, 0.1) is 0 Å². The molecule has 1 heteroatoms. The van der Waals surface area contributed by atoms with E-state index in [2.05, 4.69) is 45.0 Å². The summed E-state index contributed by atoms with van der Waals surface area (Å²) < 4.78 is 0. The van der Waals surface area contributed by atoms with Crippen molar-refractivity contribution in [3.05, 3.63) is 29.8 Å². The predicted molar refractivity (Wildman–Crippen MR) is 79.0 cm³/mol. The van der Waals surface area contributed by atoms with E-state index in [0.717, 1.165) is 5.25 Å². The van der Waals surface area contributed by atoms with Crippen molar-refractivity contribution in [3.63, 3.8) is 0 Å². The first-order chi connectivity index (χ1) is 8.05. The van der Waals surface area contributed by atoms with E-state index in [1.807, 2.05) is 0 Å². The van der Waals surface area contributed by atoms with Crippen LogP contribution >= 0.6 is 0 Å². The Hall–Kier alpha value is -0.430. The molecule has 0 amide bonds. The van der Waals surface area contributed by atoms with Crippen LogP contribution in [0.1, 0.15) is 58.4 Å². The van der Waals surface area contributed by atoms with Gasteiger partial charge in [0.05, 0.1) is 0 Å². The van der Waals surface area contributed by atoms with Gasteiger partial charge in [0.15, 0.2) is 4.90 Å². The summed E-state index contributed by atoms with van der Waals surface area (Å²) in [5, 5.41) is 0.921. The molecule has 1 saturated carbocycles. The number of hydrogen-bond acceptors (Lipinski definition) is 0. The zero-order valence-corrected chi connectivity index (χ0v) is 12.3. The molecule has 0 N–H and O–H groups in total. The van der Waals surface area contributed by atoms with Gasteiger partial charge in [-0.05, 0) is 48.8 Å². The highest BCUT2D eigenvalue weighted by Crippen LogP contribution is 2.26. The van der Waals surface area contributed by atoms with E-state index in [1.54, 1.807) is 11.8 Å². The van der Waals surface area contributed by atoms with Crippen molar-refractivity contribution in [2.75, 3.05) is 0 Å². The quantitative estimate of drug-likeness (QED) is 0.535. The summed E-state index contributed by atoms with van der Waals surface area (Å²) in [5.74, 6) is 0. The molecule has 0 bridgehead atoms. The standard InChI is InChI=1S/C16H24S/c1-16(2,3)13-9-11-15(12-10-13)17-14-7-5-4-6-8-14/h9-12,14H,4-8H2,1-3H3/p+1. The molecular formula is C16H25S+. The number of thiol groups is 1. The summed E-state index contributed by atoms with van der Waals surface area (Å²) >= 11 is 1.56. The molecule has 1 fully saturated rings. The van der Waals surface area contributed by atoms with Crippen LogP contribution < -0.4 is 0 Å². The molecular weight excluding hydrogens is 224 g/mol. The molecule has 2 rings (SSSR count). The lowest BCUT2D eigenvalue weighted by atomic mass is 9.87. The molecule has 0 aliphatic heterocycles. The molecule has 0 saturated heterocycles. The summed E-state index contributed by atoms with van der Waals surface area (Å²) in [6.07, 6.45) is 7.20. The minimum absolute atomic E-state index is 0.278. The van der Waals surface area contributed by atoms with E-state index < -0.39 is 0 Å². The minimum atomic E-state index is 0.278. The largest absolute Gasteiger partial charge is 0.152 e. The van der Waals surface area contributed by atoms with Crippen molar-refractivity contribution < 1.29 is 0 Å². The van der Waals surface area contributed by atoms with E-state index in [0.29, 0.717) is 0 Å². The Morgan fingerprint density at radius 1 is 0.941 bits per heavy atom. The molecule has 0 atom stereocenters. The van der Waals surface area contributed by atoms with Crippen LogP contribution in [0.3, 0.4) is 0 Å². The molecule has 0 nitrogen and oxygen atoms in total. The molecule has 0 heterocycles. The fraction of sp³-hybridized carbons (Fsp3) is 0.625. The predicted octanol–water partition coefficient (Wildman–Crippen LogP) is 4.49. The van der Waals surface area contributed by atoms with Gasteiger partial charge in [-0.25, -0.2) is 0 Å². The molecule has 0 spiro atoms. The highest BCUT2D eigenvalue weighted by molar-refractivity contribution is 7.79. The molecule has 0 radical (unpaired) electrons. The van der Waals surface area contributed by atoms with Gasteiger partial charge >= 0.3 is 0 Å². The highest BCUT2D eigenvalue weighted by atomic mass is 32.2. The highest BCUT2D eigenvalue weighted by Gasteiger charge is 2.22. The van der Waals surface area contributed by atoms with Gasteiger partial charge < -0.3 is 0 Å². The lowest BCUT2D eigenvalue weighted by molar-refractivity contribution is 0.515. The van der Waals surface area contributed by atoms with Gasteiger partial charge in [0.25, 0.3) is 0 Å². The monoisotopic (exact) mass is 249 g/mol. The zero-order chi connectivity index (χ0) is 12.3. The maximum absolute atomic E-state index is 2.33. The van der Waals surface area contributed by atoms with Crippen molar-refractivity contribution in [1.82, 2.24) is 0 Å². The third kappa shape index (κ3) is 3.77. The number of hydrogen-bond donors (Lipinski definition) is 0. The normalized spacial score (nSPS) is 18.3. The fourth-order valence-corrected chi connectivity index (χ4v) is 3.83. The molecule has 0 unspecified atom stereocenters. The van der Waals surface area contributed by atoms with Crippen LogP contribution in [0.4, 0.5) is 0 Å². The van der Waals surface area contributed by atoms with E-state index >= 15 is 0 Å². The molecule has 0 aromatic heterocycles. The molecule has 1 aliphatic rings. The van der Waals surface area contributed by atoms with Crippen LogP contribution in [0.15, 0.2) is 29.2 Å². The first kappa shape index (κ1) is 13.0. The van der Waals surface area contributed by atoms with E-state index in [-0.39, 0.29) is 5.41 Å². The Balaban J connectivity index is 1.98. The topological polar surface area (TPSA) is 0 Å². The smallest absolute Gasteiger partial charge is 0.0561 e. The van der Waals surface area contributed by atoms with Crippen LogP contribution in [-0.2, 0) is 17.2 Å². The summed E-state index contributed by atoms with van der Waals surface area (Å²) in [6.45, 7) is 6.84. The first-order valence-electron chi connectivity index (χ1n) is 6.87. The minimum Gasteiger partial charge on any atom is -0.0561 e. The lowest BCUT2D eigenvalue weighted by Crippen LogP contribution is -2.15. The summed E-state index contributed by atoms with van der Waals surface area (Å²) in [6, 6.07) is 9.28. The van der Waals surface area contributed by atoms with Gasteiger partial charge in [-0.15, -0.1) is 0 Å². The maximum atomic E-state index is 2.33. The van der Waals surface area contributed by atoms with Gasteiger partial charge in [0, 0.05) is 11.8 Å². The van der Waals surface area contributed by atoms with Crippen LogP contribution in [-0.4, -0.2) is 5.25 Å². The first-order valence-corrected chi connectivity index (χ1v) is 7.83. The molecule has 17 heavy (non-hydrogen) atoms. The molecule has 1 aromatic rings. The second kappa shape index (κ2) is 5.48.